The summed E-state index contributed by atoms with van der Waals surface area (Å²) < 4.78 is 12.9. The molecule has 1 amide bonds. The third kappa shape index (κ3) is 2.93. The molecule has 142 valence electrons. The standard InChI is InChI=1S/C21H18N2O4S/c1-13-20(24)28-21(25)23(13)18-6-4-5-17-16(18)9-10-22(17)12-14-11-15(26-2)7-8-19(14)27-3/h4-11H,1,12H2,2-3H3. The van der Waals surface area contributed by atoms with Crippen LogP contribution in [0.3, 0.4) is 0 Å². The minimum absolute atomic E-state index is 0.185. The number of ether oxygens (including phenoxy) is 2. The van der Waals surface area contributed by atoms with Crippen LogP contribution in [0.25, 0.3) is 10.9 Å². The highest BCUT2D eigenvalue weighted by atomic mass is 32.2. The maximum Gasteiger partial charge on any atom is 0.298 e. The summed E-state index contributed by atoms with van der Waals surface area (Å²) in [6.45, 7) is 4.33. The first kappa shape index (κ1) is 18.2. The van der Waals surface area contributed by atoms with E-state index in [1.54, 1.807) is 14.2 Å². The van der Waals surface area contributed by atoms with Crippen molar-refractivity contribution in [3.05, 3.63) is 66.5 Å². The van der Waals surface area contributed by atoms with E-state index in [4.69, 9.17) is 9.47 Å². The SMILES string of the molecule is C=C1C(=O)SC(=O)N1c1cccc2c1ccn2Cc1cc(OC)ccc1OC. The Balaban J connectivity index is 1.77. The average Bonchev–Trinajstić information content (AvgIpc) is 3.22. The molecule has 0 radical (unpaired) electrons. The van der Waals surface area contributed by atoms with E-state index in [0.29, 0.717) is 24.0 Å². The summed E-state index contributed by atoms with van der Waals surface area (Å²) in [5, 5.41) is 0.224. The third-order valence-electron chi connectivity index (χ3n) is 4.73. The second-order valence-electron chi connectivity index (χ2n) is 6.27. The maximum atomic E-state index is 12.3. The van der Waals surface area contributed by atoms with Gasteiger partial charge in [0.2, 0.25) is 5.12 Å². The molecule has 6 nitrogen and oxygen atoms in total. The number of anilines is 1. The number of amides is 1. The molecule has 4 rings (SSSR count). The molecule has 0 spiro atoms. The summed E-state index contributed by atoms with van der Waals surface area (Å²) in [4.78, 5) is 25.5. The molecular weight excluding hydrogens is 376 g/mol. The van der Waals surface area contributed by atoms with E-state index in [2.05, 4.69) is 11.1 Å². The van der Waals surface area contributed by atoms with Gasteiger partial charge in [-0.25, -0.2) is 0 Å². The van der Waals surface area contributed by atoms with Gasteiger partial charge < -0.3 is 14.0 Å². The van der Waals surface area contributed by atoms with Crippen LogP contribution in [0, 0.1) is 0 Å². The van der Waals surface area contributed by atoms with Crippen LogP contribution in [0.1, 0.15) is 5.56 Å². The molecule has 2 aromatic carbocycles. The number of thioether (sulfide) groups is 1. The fourth-order valence-corrected chi connectivity index (χ4v) is 4.03. The fraction of sp³-hybridized carbons (Fsp3) is 0.143. The molecule has 0 unspecified atom stereocenters. The summed E-state index contributed by atoms with van der Waals surface area (Å²) in [6.07, 6.45) is 1.95. The largest absolute Gasteiger partial charge is 0.497 e. The smallest absolute Gasteiger partial charge is 0.298 e. The molecule has 0 bridgehead atoms. The lowest BCUT2D eigenvalue weighted by molar-refractivity contribution is -0.107. The van der Waals surface area contributed by atoms with Crippen LogP contribution in [-0.4, -0.2) is 29.1 Å². The third-order valence-corrected chi connectivity index (χ3v) is 5.51. The van der Waals surface area contributed by atoms with Gasteiger partial charge in [0.1, 0.15) is 11.5 Å². The van der Waals surface area contributed by atoms with E-state index < -0.39 is 0 Å². The molecule has 7 heteroatoms. The highest BCUT2D eigenvalue weighted by Gasteiger charge is 2.35. The molecule has 1 fully saturated rings. The minimum atomic E-state index is -0.329. The van der Waals surface area contributed by atoms with E-state index in [0.717, 1.165) is 28.0 Å². The number of benzene rings is 2. The zero-order chi connectivity index (χ0) is 19.8. The number of fused-ring (bicyclic) bond motifs is 1. The summed E-state index contributed by atoms with van der Waals surface area (Å²) in [5.74, 6) is 1.52. The van der Waals surface area contributed by atoms with Gasteiger partial charge in [-0.05, 0) is 36.4 Å². The Morgan fingerprint density at radius 2 is 1.89 bits per heavy atom. The molecule has 3 aromatic rings. The molecule has 0 saturated carbocycles. The van der Waals surface area contributed by atoms with Gasteiger partial charge in [-0.3, -0.25) is 14.5 Å². The molecule has 1 saturated heterocycles. The van der Waals surface area contributed by atoms with E-state index >= 15 is 0 Å². The first-order valence-corrected chi connectivity index (χ1v) is 9.39. The van der Waals surface area contributed by atoms with Crippen molar-refractivity contribution < 1.29 is 19.1 Å². The van der Waals surface area contributed by atoms with Gasteiger partial charge in [0, 0.05) is 28.9 Å². The van der Waals surface area contributed by atoms with Crippen LogP contribution in [0.4, 0.5) is 10.5 Å². The second-order valence-corrected chi connectivity index (χ2v) is 7.19. The van der Waals surface area contributed by atoms with Gasteiger partial charge in [-0.1, -0.05) is 12.6 Å². The van der Waals surface area contributed by atoms with Gasteiger partial charge >= 0.3 is 0 Å². The van der Waals surface area contributed by atoms with E-state index in [-0.39, 0.29) is 16.1 Å². The molecule has 2 heterocycles. The minimum Gasteiger partial charge on any atom is -0.497 e. The van der Waals surface area contributed by atoms with Crippen molar-refractivity contribution in [2.75, 3.05) is 19.1 Å². The van der Waals surface area contributed by atoms with Crippen LogP contribution >= 0.6 is 11.8 Å². The van der Waals surface area contributed by atoms with Crippen molar-refractivity contribution in [3.8, 4) is 11.5 Å². The van der Waals surface area contributed by atoms with Crippen LogP contribution in [0.15, 0.2) is 60.9 Å². The Kier molecular flexibility index (Phi) is 4.60. The van der Waals surface area contributed by atoms with Crippen molar-refractivity contribution >= 4 is 38.7 Å². The van der Waals surface area contributed by atoms with Crippen LogP contribution in [-0.2, 0) is 11.3 Å². The molecule has 28 heavy (non-hydrogen) atoms. The van der Waals surface area contributed by atoms with Crippen molar-refractivity contribution in [1.29, 1.82) is 0 Å². The van der Waals surface area contributed by atoms with E-state index in [1.807, 2.05) is 48.7 Å². The predicted octanol–water partition coefficient (Wildman–Crippen LogP) is 4.42. The molecule has 0 N–H and O–H groups in total. The number of nitrogens with zero attached hydrogens (tertiary/aromatic N) is 2. The average molecular weight is 394 g/mol. The lowest BCUT2D eigenvalue weighted by atomic mass is 10.1. The van der Waals surface area contributed by atoms with E-state index in [1.165, 1.54) is 4.90 Å². The molecule has 0 aliphatic carbocycles. The predicted molar refractivity (Wildman–Crippen MR) is 110 cm³/mol. The van der Waals surface area contributed by atoms with Crippen molar-refractivity contribution in [2.45, 2.75) is 6.54 Å². The van der Waals surface area contributed by atoms with Gasteiger partial charge in [0.15, 0.2) is 0 Å². The highest BCUT2D eigenvalue weighted by Crippen LogP contribution is 2.37. The first-order valence-electron chi connectivity index (χ1n) is 8.57. The van der Waals surface area contributed by atoms with Crippen molar-refractivity contribution in [1.82, 2.24) is 4.57 Å². The Morgan fingerprint density at radius 3 is 2.57 bits per heavy atom. The fourth-order valence-electron chi connectivity index (χ4n) is 3.36. The summed E-state index contributed by atoms with van der Waals surface area (Å²) in [6, 6.07) is 13.3. The van der Waals surface area contributed by atoms with Gasteiger partial charge in [0.25, 0.3) is 5.24 Å². The molecule has 0 atom stereocenters. The Bertz CT molecular complexity index is 1120. The van der Waals surface area contributed by atoms with E-state index in [9.17, 15) is 9.59 Å². The first-order chi connectivity index (χ1) is 13.5. The summed E-state index contributed by atoms with van der Waals surface area (Å²) in [5.41, 5.74) is 2.75. The Labute approximate surface area is 166 Å². The van der Waals surface area contributed by atoms with Crippen LogP contribution < -0.4 is 14.4 Å². The molecule has 1 aliphatic heterocycles. The van der Waals surface area contributed by atoms with Crippen LogP contribution in [0.2, 0.25) is 0 Å². The summed E-state index contributed by atoms with van der Waals surface area (Å²) >= 11 is 0.670. The number of rotatable bonds is 5. The summed E-state index contributed by atoms with van der Waals surface area (Å²) in [7, 11) is 3.26. The number of hydrogen-bond acceptors (Lipinski definition) is 5. The lowest BCUT2D eigenvalue weighted by Crippen LogP contribution is -2.20. The van der Waals surface area contributed by atoms with Gasteiger partial charge in [0.05, 0.1) is 37.7 Å². The topological polar surface area (TPSA) is 60.8 Å². The lowest BCUT2D eigenvalue weighted by Gasteiger charge is -2.17. The van der Waals surface area contributed by atoms with Crippen LogP contribution in [0.5, 0.6) is 11.5 Å². The number of carbonyl (C=O) groups is 2. The van der Waals surface area contributed by atoms with Crippen molar-refractivity contribution in [2.24, 2.45) is 0 Å². The van der Waals surface area contributed by atoms with Gasteiger partial charge in [-0.15, -0.1) is 0 Å². The van der Waals surface area contributed by atoms with Gasteiger partial charge in [-0.2, -0.15) is 0 Å². The number of hydrogen-bond donors (Lipinski definition) is 0. The Hall–Kier alpha value is -3.19. The molecular formula is C21H18N2O4S. The normalized spacial score (nSPS) is 14.2. The van der Waals surface area contributed by atoms with Crippen molar-refractivity contribution in [3.63, 3.8) is 0 Å². The quantitative estimate of drug-likeness (QED) is 0.600. The highest BCUT2D eigenvalue weighted by molar-refractivity contribution is 8.27. The number of methoxy groups -OCH3 is 2. The second kappa shape index (κ2) is 7.09. The Morgan fingerprint density at radius 1 is 1.07 bits per heavy atom. The molecule has 1 aromatic heterocycles. The monoisotopic (exact) mass is 394 g/mol. The zero-order valence-electron chi connectivity index (χ0n) is 15.5. The maximum absolute atomic E-state index is 12.3. The zero-order valence-corrected chi connectivity index (χ0v) is 16.3. The number of carbonyl (C=O) groups excluding carboxylic acids is 2. The molecule has 1 aliphatic rings. The number of aromatic nitrogens is 1.